The number of benzene rings is 2. The fourth-order valence-corrected chi connectivity index (χ4v) is 4.37. The van der Waals surface area contributed by atoms with E-state index in [-0.39, 0.29) is 11.6 Å². The molecule has 2 fully saturated rings. The molecule has 0 N–H and O–H groups in total. The highest BCUT2D eigenvalue weighted by Gasteiger charge is 2.53. The maximum Gasteiger partial charge on any atom is 0.179 e. The Balaban J connectivity index is 1.86. The van der Waals surface area contributed by atoms with Gasteiger partial charge in [-0.05, 0) is 86.9 Å². The topological polar surface area (TPSA) is 43.4 Å². The first kappa shape index (κ1) is 19.4. The molecule has 28 heavy (non-hydrogen) atoms. The molecule has 0 aromatic heterocycles. The summed E-state index contributed by atoms with van der Waals surface area (Å²) in [6.07, 6.45) is 2.21. The van der Waals surface area contributed by atoms with Crippen LogP contribution in [0.3, 0.4) is 0 Å². The molecule has 0 bridgehead atoms. The van der Waals surface area contributed by atoms with Crippen LogP contribution in [0.5, 0.6) is 0 Å². The van der Waals surface area contributed by atoms with E-state index in [2.05, 4.69) is 12.1 Å². The second kappa shape index (κ2) is 6.53. The summed E-state index contributed by atoms with van der Waals surface area (Å²) in [5, 5.41) is 0.678. The van der Waals surface area contributed by atoms with Gasteiger partial charge in [0, 0.05) is 5.02 Å². The Kier molecular flexibility index (Phi) is 4.52. The molecule has 2 aromatic carbocycles. The molecule has 3 nitrogen and oxygen atoms in total. The van der Waals surface area contributed by atoms with Crippen molar-refractivity contribution in [2.75, 3.05) is 0 Å². The molecule has 1 heterocycles. The molecule has 0 spiro atoms. The van der Waals surface area contributed by atoms with Crippen LogP contribution in [-0.4, -0.2) is 22.8 Å². The third-order valence-electron chi connectivity index (χ3n) is 5.81. The highest BCUT2D eigenvalue weighted by molar-refractivity contribution is 6.30. The average Bonchev–Trinajstić information content (AvgIpc) is 3.45. The minimum absolute atomic E-state index is 0.160. The van der Waals surface area contributed by atoms with Gasteiger partial charge in [-0.15, -0.1) is 0 Å². The molecular formula is C24H25ClO3. The molecule has 2 aromatic rings. The monoisotopic (exact) mass is 396 g/mol. The zero-order valence-electron chi connectivity index (χ0n) is 16.7. The summed E-state index contributed by atoms with van der Waals surface area (Å²) in [5.41, 5.74) is 1.96. The first-order valence-electron chi connectivity index (χ1n) is 9.79. The zero-order valence-corrected chi connectivity index (χ0v) is 17.5. The van der Waals surface area contributed by atoms with Gasteiger partial charge >= 0.3 is 0 Å². The number of halogens is 1. The van der Waals surface area contributed by atoms with Crippen LogP contribution >= 0.6 is 11.6 Å². The smallest absolute Gasteiger partial charge is 0.179 e. The molecule has 1 aliphatic carbocycles. The van der Waals surface area contributed by atoms with Gasteiger partial charge < -0.3 is 4.74 Å². The summed E-state index contributed by atoms with van der Waals surface area (Å²) in [7, 11) is 0. The van der Waals surface area contributed by atoms with Crippen molar-refractivity contribution in [1.29, 1.82) is 0 Å². The van der Waals surface area contributed by atoms with Crippen molar-refractivity contribution in [1.82, 2.24) is 0 Å². The summed E-state index contributed by atoms with van der Waals surface area (Å²) < 4.78 is 5.87. The average molecular weight is 397 g/mol. The van der Waals surface area contributed by atoms with Gasteiger partial charge in [-0.1, -0.05) is 35.9 Å². The highest BCUT2D eigenvalue weighted by Crippen LogP contribution is 2.47. The van der Waals surface area contributed by atoms with Crippen molar-refractivity contribution in [3.05, 3.63) is 58.6 Å². The van der Waals surface area contributed by atoms with E-state index >= 15 is 0 Å². The normalized spacial score (nSPS) is 21.8. The van der Waals surface area contributed by atoms with E-state index < -0.39 is 17.1 Å². The number of ketones is 2. The van der Waals surface area contributed by atoms with Crippen LogP contribution in [-0.2, 0) is 14.3 Å². The maximum absolute atomic E-state index is 13.3. The second-order valence-electron chi connectivity index (χ2n) is 8.91. The van der Waals surface area contributed by atoms with Gasteiger partial charge in [0.1, 0.15) is 17.1 Å². The SMILES string of the molecule is CC1(C)OC(C)(C)C(=O)C(c2cc(-c3ccc(Cl)cc3)ccc2C2CC2)C1=O. The Hall–Kier alpha value is -1.97. The Morgan fingerprint density at radius 3 is 1.89 bits per heavy atom. The predicted octanol–water partition coefficient (Wildman–Crippen LogP) is 5.69. The summed E-state index contributed by atoms with van der Waals surface area (Å²) in [6, 6.07) is 13.8. The van der Waals surface area contributed by atoms with Gasteiger partial charge in [0.25, 0.3) is 0 Å². The number of rotatable bonds is 3. The first-order valence-corrected chi connectivity index (χ1v) is 10.2. The zero-order chi connectivity index (χ0) is 20.3. The highest BCUT2D eigenvalue weighted by atomic mass is 35.5. The molecular weight excluding hydrogens is 372 g/mol. The lowest BCUT2D eigenvalue weighted by molar-refractivity contribution is -0.184. The van der Waals surface area contributed by atoms with Gasteiger partial charge in [0.05, 0.1) is 0 Å². The third-order valence-corrected chi connectivity index (χ3v) is 6.07. The van der Waals surface area contributed by atoms with Crippen LogP contribution < -0.4 is 0 Å². The van der Waals surface area contributed by atoms with Gasteiger partial charge in [0.2, 0.25) is 0 Å². The molecule has 0 radical (unpaired) electrons. The van der Waals surface area contributed by atoms with Crippen molar-refractivity contribution in [3.8, 4) is 11.1 Å². The number of hydrogen-bond donors (Lipinski definition) is 0. The largest absolute Gasteiger partial charge is 0.354 e. The van der Waals surface area contributed by atoms with E-state index in [9.17, 15) is 9.59 Å². The van der Waals surface area contributed by atoms with Crippen LogP contribution in [0.2, 0.25) is 5.02 Å². The standard InChI is InChI=1S/C24H25ClO3/c1-23(2)21(26)20(22(27)24(3,4)28-23)19-13-16(9-12-18(19)15-5-6-15)14-7-10-17(25)11-8-14/h7-13,15,20H,5-6H2,1-4H3. The minimum Gasteiger partial charge on any atom is -0.354 e. The molecule has 1 saturated carbocycles. The van der Waals surface area contributed by atoms with Crippen molar-refractivity contribution < 1.29 is 14.3 Å². The number of carbonyl (C=O) groups is 2. The Labute approximate surface area is 171 Å². The molecule has 0 unspecified atom stereocenters. The Morgan fingerprint density at radius 1 is 0.821 bits per heavy atom. The molecule has 146 valence electrons. The van der Waals surface area contributed by atoms with Crippen molar-refractivity contribution in [3.63, 3.8) is 0 Å². The molecule has 0 atom stereocenters. The number of hydrogen-bond acceptors (Lipinski definition) is 3. The summed E-state index contributed by atoms with van der Waals surface area (Å²) in [4.78, 5) is 26.5. The Bertz CT molecular complexity index is 926. The van der Waals surface area contributed by atoms with Crippen LogP contribution in [0.15, 0.2) is 42.5 Å². The van der Waals surface area contributed by atoms with Crippen molar-refractivity contribution >= 4 is 23.2 Å². The minimum atomic E-state index is -1.00. The lowest BCUT2D eigenvalue weighted by Gasteiger charge is -2.43. The molecule has 4 rings (SSSR count). The van der Waals surface area contributed by atoms with E-state index in [1.165, 1.54) is 0 Å². The van der Waals surface area contributed by atoms with Crippen LogP contribution in [0.25, 0.3) is 11.1 Å². The number of ether oxygens (including phenoxy) is 1. The number of carbonyl (C=O) groups excluding carboxylic acids is 2. The second-order valence-corrected chi connectivity index (χ2v) is 9.35. The fraction of sp³-hybridized carbons (Fsp3) is 0.417. The molecule has 4 heteroatoms. The molecule has 2 aliphatic rings. The molecule has 1 aliphatic heterocycles. The van der Waals surface area contributed by atoms with E-state index in [1.807, 2.05) is 30.3 Å². The van der Waals surface area contributed by atoms with Crippen LogP contribution in [0, 0.1) is 0 Å². The number of Topliss-reactive ketones (excluding diaryl/α,β-unsaturated/α-hetero) is 2. The van der Waals surface area contributed by atoms with Crippen molar-refractivity contribution in [2.45, 2.75) is 63.6 Å². The van der Waals surface area contributed by atoms with Crippen molar-refractivity contribution in [2.24, 2.45) is 0 Å². The van der Waals surface area contributed by atoms with Gasteiger partial charge in [-0.25, -0.2) is 0 Å². The lowest BCUT2D eigenvalue weighted by Crippen LogP contribution is -2.58. The van der Waals surface area contributed by atoms with E-state index in [1.54, 1.807) is 27.7 Å². The molecule has 1 saturated heterocycles. The molecule has 0 amide bonds. The first-order chi connectivity index (χ1) is 13.1. The lowest BCUT2D eigenvalue weighted by atomic mass is 9.73. The van der Waals surface area contributed by atoms with Gasteiger partial charge in [0.15, 0.2) is 11.6 Å². The van der Waals surface area contributed by atoms with E-state index in [0.717, 1.165) is 35.1 Å². The Morgan fingerprint density at radius 2 is 1.36 bits per heavy atom. The fourth-order valence-electron chi connectivity index (χ4n) is 4.25. The summed E-state index contributed by atoms with van der Waals surface area (Å²) in [5.74, 6) is -0.676. The van der Waals surface area contributed by atoms with Gasteiger partial charge in [-0.2, -0.15) is 0 Å². The van der Waals surface area contributed by atoms with E-state index in [0.29, 0.717) is 10.9 Å². The predicted molar refractivity (Wildman–Crippen MR) is 111 cm³/mol. The van der Waals surface area contributed by atoms with Crippen LogP contribution in [0.1, 0.15) is 63.5 Å². The van der Waals surface area contributed by atoms with Crippen LogP contribution in [0.4, 0.5) is 0 Å². The van der Waals surface area contributed by atoms with Gasteiger partial charge in [-0.3, -0.25) is 9.59 Å². The summed E-state index contributed by atoms with van der Waals surface area (Å²) >= 11 is 6.02. The van der Waals surface area contributed by atoms with E-state index in [4.69, 9.17) is 16.3 Å². The quantitative estimate of drug-likeness (QED) is 0.625. The maximum atomic E-state index is 13.3. The third kappa shape index (κ3) is 3.31. The summed E-state index contributed by atoms with van der Waals surface area (Å²) in [6.45, 7) is 7.04.